The normalized spacial score (nSPS) is 17.8. The number of aromatic nitrogens is 1. The molecule has 0 spiro atoms. The number of nitrogens with one attached hydrogen (secondary N) is 2. The van der Waals surface area contributed by atoms with Gasteiger partial charge in [-0.3, -0.25) is 9.78 Å². The highest BCUT2D eigenvalue weighted by Gasteiger charge is 2.31. The minimum Gasteiger partial charge on any atom is -0.324 e. The van der Waals surface area contributed by atoms with Crippen LogP contribution < -0.4 is 10.6 Å². The van der Waals surface area contributed by atoms with Gasteiger partial charge >= 0.3 is 0 Å². The Balaban J connectivity index is 1.59. The maximum absolute atomic E-state index is 14.9. The van der Waals surface area contributed by atoms with Crippen molar-refractivity contribution in [2.45, 2.75) is 31.7 Å². The number of carbonyl (C=O) groups excluding carboxylic acids is 1. The number of sulfonamides is 1. The number of rotatable bonds is 9. The van der Waals surface area contributed by atoms with Crippen LogP contribution in [0.3, 0.4) is 0 Å². The number of carbonyl (C=O) groups is 1. The molecule has 1 fully saturated rings. The first-order valence-electron chi connectivity index (χ1n) is 12.8. The van der Waals surface area contributed by atoms with Gasteiger partial charge in [-0.15, -0.1) is 0 Å². The second-order valence-corrected chi connectivity index (χ2v) is 11.9. The van der Waals surface area contributed by atoms with Crippen LogP contribution in [0.5, 0.6) is 0 Å². The molecule has 1 aliphatic heterocycles. The fraction of sp³-hybridized carbons (Fsp3) is 0.357. The molecule has 1 aliphatic rings. The Hall–Kier alpha value is -3.35. The number of pyridine rings is 1. The summed E-state index contributed by atoms with van der Waals surface area (Å²) < 4.78 is 82.6. The number of nitrogens with zero attached hydrogens (tertiary/aromatic N) is 2. The molecule has 0 radical (unpaired) electrons. The zero-order valence-corrected chi connectivity index (χ0v) is 22.8. The lowest BCUT2D eigenvalue weighted by atomic mass is 9.81. The molecule has 2 aromatic carbocycles. The Labute approximate surface area is 230 Å². The summed E-state index contributed by atoms with van der Waals surface area (Å²) in [5.41, 5.74) is 0.895. The third-order valence-corrected chi connectivity index (χ3v) is 8.43. The fourth-order valence-corrected chi connectivity index (χ4v) is 6.30. The molecule has 12 heteroatoms. The number of benzene rings is 2. The van der Waals surface area contributed by atoms with Gasteiger partial charge in [0.05, 0.1) is 24.3 Å². The second-order valence-electron chi connectivity index (χ2n) is 9.93. The van der Waals surface area contributed by atoms with Crippen LogP contribution in [0.25, 0.3) is 0 Å². The van der Waals surface area contributed by atoms with E-state index in [0.29, 0.717) is 37.7 Å². The van der Waals surface area contributed by atoms with Crippen LogP contribution in [0.15, 0.2) is 54.9 Å². The minimum absolute atomic E-state index is 0.106. The van der Waals surface area contributed by atoms with E-state index in [-0.39, 0.29) is 23.2 Å². The van der Waals surface area contributed by atoms with E-state index in [1.54, 1.807) is 6.92 Å². The van der Waals surface area contributed by atoms with Gasteiger partial charge in [-0.05, 0) is 48.2 Å². The first-order valence-corrected chi connectivity index (χ1v) is 14.6. The topological polar surface area (TPSA) is 91.4 Å². The standard InChI is InChI=1S/C28H30F4N4O3S/c1-17(27(18-3-5-20(29)6-4-18)19-11-21(30)13-22(31)12-19)28(37)35-26-16-34-15-25(32)24(26)8-7-23-14-33-9-10-36(23)40(2,38)39/h3-6,11-13,15-17,23,27,33H,7-10,14H2,1-2H3,(H,35,37)/t17-,23+,27-/m0/s1. The predicted octanol–water partition coefficient (Wildman–Crippen LogP) is 4.21. The lowest BCUT2D eigenvalue weighted by Crippen LogP contribution is -2.53. The molecule has 0 unspecified atom stereocenters. The van der Waals surface area contributed by atoms with Gasteiger partial charge < -0.3 is 10.6 Å². The van der Waals surface area contributed by atoms with Crippen LogP contribution in [-0.2, 0) is 21.2 Å². The highest BCUT2D eigenvalue weighted by atomic mass is 32.2. The van der Waals surface area contributed by atoms with Gasteiger partial charge in [-0.25, -0.2) is 26.0 Å². The monoisotopic (exact) mass is 578 g/mol. The Morgan fingerprint density at radius 1 is 1.05 bits per heavy atom. The van der Waals surface area contributed by atoms with Gasteiger partial charge in [0, 0.05) is 49.1 Å². The molecule has 0 bridgehead atoms. The van der Waals surface area contributed by atoms with E-state index in [1.807, 2.05) is 0 Å². The van der Waals surface area contributed by atoms with Crippen LogP contribution in [0.1, 0.15) is 36.0 Å². The fourth-order valence-electron chi connectivity index (χ4n) is 5.15. The van der Waals surface area contributed by atoms with Crippen LogP contribution in [0.2, 0.25) is 0 Å². The smallest absolute Gasteiger partial charge is 0.228 e. The average Bonchev–Trinajstić information content (AvgIpc) is 2.88. The average molecular weight is 579 g/mol. The van der Waals surface area contributed by atoms with Gasteiger partial charge in [0.1, 0.15) is 23.3 Å². The highest BCUT2D eigenvalue weighted by Crippen LogP contribution is 2.34. The molecule has 1 saturated heterocycles. The summed E-state index contributed by atoms with van der Waals surface area (Å²) in [5.74, 6) is -5.19. The number of hydrogen-bond acceptors (Lipinski definition) is 5. The summed E-state index contributed by atoms with van der Waals surface area (Å²) in [4.78, 5) is 17.3. The van der Waals surface area contributed by atoms with E-state index in [4.69, 9.17) is 0 Å². The molecule has 1 amide bonds. The van der Waals surface area contributed by atoms with Crippen molar-refractivity contribution in [1.29, 1.82) is 0 Å². The third kappa shape index (κ3) is 7.04. The predicted molar refractivity (Wildman–Crippen MR) is 143 cm³/mol. The quantitative estimate of drug-likeness (QED) is 0.372. The van der Waals surface area contributed by atoms with Crippen molar-refractivity contribution < 1.29 is 30.8 Å². The van der Waals surface area contributed by atoms with Crippen molar-refractivity contribution in [1.82, 2.24) is 14.6 Å². The molecule has 0 saturated carbocycles. The molecule has 214 valence electrons. The molecule has 0 aliphatic carbocycles. The highest BCUT2D eigenvalue weighted by molar-refractivity contribution is 7.88. The van der Waals surface area contributed by atoms with Crippen molar-refractivity contribution in [3.8, 4) is 0 Å². The summed E-state index contributed by atoms with van der Waals surface area (Å²) in [6, 6.07) is 7.80. The summed E-state index contributed by atoms with van der Waals surface area (Å²) in [7, 11) is -3.46. The van der Waals surface area contributed by atoms with Crippen LogP contribution in [0.4, 0.5) is 23.2 Å². The van der Waals surface area contributed by atoms with E-state index in [1.165, 1.54) is 34.8 Å². The van der Waals surface area contributed by atoms with E-state index in [0.717, 1.165) is 24.6 Å². The maximum Gasteiger partial charge on any atom is 0.228 e. The van der Waals surface area contributed by atoms with E-state index >= 15 is 0 Å². The molecule has 7 nitrogen and oxygen atoms in total. The first kappa shape index (κ1) is 29.6. The van der Waals surface area contributed by atoms with Gasteiger partial charge in [0.2, 0.25) is 15.9 Å². The summed E-state index contributed by atoms with van der Waals surface area (Å²) in [6.45, 7) is 2.77. The second kappa shape index (κ2) is 12.4. The molecule has 2 N–H and O–H groups in total. The summed E-state index contributed by atoms with van der Waals surface area (Å²) in [5, 5.41) is 5.84. The third-order valence-electron chi connectivity index (χ3n) is 7.10. The number of halogens is 4. The zero-order chi connectivity index (χ0) is 29.0. The van der Waals surface area contributed by atoms with E-state index in [9.17, 15) is 30.8 Å². The van der Waals surface area contributed by atoms with Crippen LogP contribution in [0, 0.1) is 29.2 Å². The van der Waals surface area contributed by atoms with Crippen molar-refractivity contribution in [2.75, 3.05) is 31.2 Å². The maximum atomic E-state index is 14.9. The minimum atomic E-state index is -3.46. The van der Waals surface area contributed by atoms with Gasteiger partial charge in [0.15, 0.2) is 0 Å². The molecule has 4 rings (SSSR count). The van der Waals surface area contributed by atoms with E-state index < -0.39 is 57.1 Å². The van der Waals surface area contributed by atoms with Gasteiger partial charge in [0.25, 0.3) is 0 Å². The lowest BCUT2D eigenvalue weighted by Gasteiger charge is -2.34. The van der Waals surface area contributed by atoms with Gasteiger partial charge in [-0.1, -0.05) is 19.1 Å². The lowest BCUT2D eigenvalue weighted by molar-refractivity contribution is -0.119. The van der Waals surface area contributed by atoms with Crippen molar-refractivity contribution in [3.05, 3.63) is 94.8 Å². The van der Waals surface area contributed by atoms with Crippen molar-refractivity contribution in [3.63, 3.8) is 0 Å². The first-order chi connectivity index (χ1) is 18.9. The number of amides is 1. The molecule has 3 aromatic rings. The zero-order valence-electron chi connectivity index (χ0n) is 22.0. The Kier molecular flexibility index (Phi) is 9.22. The SMILES string of the molecule is C[C@H](C(=O)Nc1cncc(F)c1CC[C@@H]1CNCCN1S(C)(=O)=O)[C@@H](c1ccc(F)cc1)c1cc(F)cc(F)c1. The van der Waals surface area contributed by atoms with Crippen molar-refractivity contribution >= 4 is 21.6 Å². The Bertz CT molecular complexity index is 1450. The molecule has 3 atom stereocenters. The number of anilines is 1. The largest absolute Gasteiger partial charge is 0.324 e. The number of hydrogen-bond donors (Lipinski definition) is 2. The summed E-state index contributed by atoms with van der Waals surface area (Å²) in [6.07, 6.45) is 3.85. The molecular weight excluding hydrogens is 548 g/mol. The van der Waals surface area contributed by atoms with Gasteiger partial charge in [-0.2, -0.15) is 4.31 Å². The Morgan fingerprint density at radius 2 is 1.73 bits per heavy atom. The number of piperazine rings is 1. The van der Waals surface area contributed by atoms with Crippen LogP contribution >= 0.6 is 0 Å². The van der Waals surface area contributed by atoms with E-state index in [2.05, 4.69) is 15.6 Å². The molecule has 40 heavy (non-hydrogen) atoms. The Morgan fingerprint density at radius 3 is 2.38 bits per heavy atom. The molecule has 1 aromatic heterocycles. The molecule has 2 heterocycles. The van der Waals surface area contributed by atoms with Crippen LogP contribution in [-0.4, -0.2) is 55.5 Å². The van der Waals surface area contributed by atoms with Crippen molar-refractivity contribution in [2.24, 2.45) is 5.92 Å². The summed E-state index contributed by atoms with van der Waals surface area (Å²) >= 11 is 0. The molecular formula is C28H30F4N4O3S.